The lowest BCUT2D eigenvalue weighted by atomic mass is 10.1. The first-order valence-electron chi connectivity index (χ1n) is 6.46. The number of amides is 1. The minimum absolute atomic E-state index is 0.0905. The molecule has 0 heterocycles. The van der Waals surface area contributed by atoms with Crippen molar-refractivity contribution in [1.82, 2.24) is 10.0 Å². The molecule has 0 fully saturated rings. The molecule has 1 rings (SSSR count). The van der Waals surface area contributed by atoms with Crippen LogP contribution in [0.3, 0.4) is 0 Å². The molecule has 0 atom stereocenters. The number of nitrogens with one attached hydrogen (secondary N) is 2. The first-order valence-corrected chi connectivity index (χ1v) is 7.94. The SMILES string of the molecule is CC(C)NS(=O)(=O)c1cccc(C(=O)NC(C)(C)C)c1. The van der Waals surface area contributed by atoms with Gasteiger partial charge in [0.1, 0.15) is 0 Å². The average Bonchev–Trinajstić information content (AvgIpc) is 2.25. The molecule has 1 amide bonds. The molecule has 2 N–H and O–H groups in total. The molecule has 0 aliphatic rings. The van der Waals surface area contributed by atoms with Crippen LogP contribution in [0.1, 0.15) is 45.0 Å². The zero-order valence-corrected chi connectivity index (χ0v) is 13.3. The van der Waals surface area contributed by atoms with Gasteiger partial charge in [-0.2, -0.15) is 0 Å². The molecule has 6 heteroatoms. The van der Waals surface area contributed by atoms with Gasteiger partial charge in [0, 0.05) is 17.1 Å². The summed E-state index contributed by atoms with van der Waals surface area (Å²) < 4.78 is 26.6. The van der Waals surface area contributed by atoms with Crippen LogP contribution in [0.15, 0.2) is 29.2 Å². The van der Waals surface area contributed by atoms with Gasteiger partial charge in [0.15, 0.2) is 0 Å². The van der Waals surface area contributed by atoms with E-state index in [-0.39, 0.29) is 22.4 Å². The van der Waals surface area contributed by atoms with Crippen molar-refractivity contribution in [2.75, 3.05) is 0 Å². The van der Waals surface area contributed by atoms with Crippen molar-refractivity contribution in [3.05, 3.63) is 29.8 Å². The molecule has 0 aliphatic carbocycles. The number of sulfonamides is 1. The molecule has 0 aromatic heterocycles. The van der Waals surface area contributed by atoms with Crippen molar-refractivity contribution in [2.24, 2.45) is 0 Å². The van der Waals surface area contributed by atoms with Crippen molar-refractivity contribution in [3.63, 3.8) is 0 Å². The molecule has 0 aliphatic heterocycles. The fourth-order valence-electron chi connectivity index (χ4n) is 1.60. The Morgan fingerprint density at radius 1 is 1.20 bits per heavy atom. The van der Waals surface area contributed by atoms with Crippen LogP contribution >= 0.6 is 0 Å². The Morgan fingerprint density at radius 3 is 2.30 bits per heavy atom. The van der Waals surface area contributed by atoms with Crippen molar-refractivity contribution < 1.29 is 13.2 Å². The van der Waals surface area contributed by atoms with Crippen molar-refractivity contribution in [2.45, 2.75) is 51.1 Å². The van der Waals surface area contributed by atoms with Gasteiger partial charge in [0.25, 0.3) is 5.91 Å². The lowest BCUT2D eigenvalue weighted by Gasteiger charge is -2.20. The highest BCUT2D eigenvalue weighted by Gasteiger charge is 2.19. The third-order valence-corrected chi connectivity index (χ3v) is 3.94. The van der Waals surface area contributed by atoms with Crippen LogP contribution in [0, 0.1) is 0 Å². The van der Waals surface area contributed by atoms with Crippen LogP contribution in [0.5, 0.6) is 0 Å². The quantitative estimate of drug-likeness (QED) is 0.891. The molecule has 20 heavy (non-hydrogen) atoms. The predicted octanol–water partition coefficient (Wildman–Crippen LogP) is 1.90. The van der Waals surface area contributed by atoms with Crippen LogP contribution in [0.2, 0.25) is 0 Å². The summed E-state index contributed by atoms with van der Waals surface area (Å²) in [7, 11) is -3.59. The molecule has 5 nitrogen and oxygen atoms in total. The summed E-state index contributed by atoms with van der Waals surface area (Å²) in [4.78, 5) is 12.1. The van der Waals surface area contributed by atoms with Gasteiger partial charge in [0.05, 0.1) is 4.90 Å². The standard InChI is InChI=1S/C14H22N2O3S/c1-10(2)16-20(18,19)12-8-6-7-11(9-12)13(17)15-14(3,4)5/h6-10,16H,1-5H3,(H,15,17). The molecule has 0 unspecified atom stereocenters. The Kier molecular flexibility index (Phi) is 4.94. The molecular weight excluding hydrogens is 276 g/mol. The minimum atomic E-state index is -3.59. The average molecular weight is 298 g/mol. The van der Waals surface area contributed by atoms with E-state index in [1.54, 1.807) is 26.0 Å². The summed E-state index contributed by atoms with van der Waals surface area (Å²) in [5.41, 5.74) is -0.0474. The van der Waals surface area contributed by atoms with Gasteiger partial charge >= 0.3 is 0 Å². The number of rotatable bonds is 4. The number of hydrogen-bond acceptors (Lipinski definition) is 3. The highest BCUT2D eigenvalue weighted by molar-refractivity contribution is 7.89. The highest BCUT2D eigenvalue weighted by atomic mass is 32.2. The topological polar surface area (TPSA) is 75.3 Å². The van der Waals surface area contributed by atoms with Crippen molar-refractivity contribution in [1.29, 1.82) is 0 Å². The molecule has 112 valence electrons. The van der Waals surface area contributed by atoms with Crippen molar-refractivity contribution >= 4 is 15.9 Å². The Balaban J connectivity index is 3.06. The summed E-state index contributed by atoms with van der Waals surface area (Å²) in [5.74, 6) is -0.293. The van der Waals surface area contributed by atoms with E-state index >= 15 is 0 Å². The maximum absolute atomic E-state index is 12.1. The molecule has 0 saturated heterocycles. The summed E-state index contributed by atoms with van der Waals surface area (Å²) in [6.45, 7) is 9.09. The van der Waals surface area contributed by atoms with Crippen LogP contribution < -0.4 is 10.0 Å². The van der Waals surface area contributed by atoms with E-state index in [2.05, 4.69) is 10.0 Å². The van der Waals surface area contributed by atoms with E-state index in [9.17, 15) is 13.2 Å². The number of carbonyl (C=O) groups excluding carboxylic acids is 1. The maximum atomic E-state index is 12.1. The van der Waals surface area contributed by atoms with Gasteiger partial charge in [-0.3, -0.25) is 4.79 Å². The zero-order valence-electron chi connectivity index (χ0n) is 12.5. The van der Waals surface area contributed by atoms with Gasteiger partial charge in [-0.25, -0.2) is 13.1 Å². The third kappa shape index (κ3) is 4.94. The second-order valence-corrected chi connectivity index (χ2v) is 7.72. The number of carbonyl (C=O) groups is 1. The Hall–Kier alpha value is -1.40. The summed E-state index contributed by atoms with van der Waals surface area (Å²) in [5, 5.41) is 2.80. The van der Waals surface area contributed by atoms with Gasteiger partial charge in [-0.1, -0.05) is 6.07 Å². The Bertz CT molecular complexity index is 587. The van der Waals surface area contributed by atoms with Gasteiger partial charge < -0.3 is 5.32 Å². The van der Waals surface area contributed by atoms with Crippen LogP contribution in [-0.2, 0) is 10.0 Å². The Morgan fingerprint density at radius 2 is 1.80 bits per heavy atom. The number of benzene rings is 1. The van der Waals surface area contributed by atoms with Gasteiger partial charge in [-0.15, -0.1) is 0 Å². The maximum Gasteiger partial charge on any atom is 0.251 e. The molecular formula is C14H22N2O3S. The van der Waals surface area contributed by atoms with Crippen LogP contribution in [-0.4, -0.2) is 25.9 Å². The predicted molar refractivity (Wildman–Crippen MR) is 79.1 cm³/mol. The fraction of sp³-hybridized carbons (Fsp3) is 0.500. The second-order valence-electron chi connectivity index (χ2n) is 6.01. The first-order chi connectivity index (χ1) is 9.01. The van der Waals surface area contributed by atoms with Crippen molar-refractivity contribution in [3.8, 4) is 0 Å². The van der Waals surface area contributed by atoms with Crippen LogP contribution in [0.25, 0.3) is 0 Å². The fourth-order valence-corrected chi connectivity index (χ4v) is 2.89. The lowest BCUT2D eigenvalue weighted by Crippen LogP contribution is -2.40. The van der Waals surface area contributed by atoms with E-state index in [4.69, 9.17) is 0 Å². The van der Waals surface area contributed by atoms with Gasteiger partial charge in [-0.05, 0) is 52.8 Å². The van der Waals surface area contributed by atoms with E-state index in [1.807, 2.05) is 20.8 Å². The van der Waals surface area contributed by atoms with E-state index in [0.717, 1.165) is 0 Å². The second kappa shape index (κ2) is 5.93. The summed E-state index contributed by atoms with van der Waals surface area (Å²) in [6.07, 6.45) is 0. The molecule has 0 saturated carbocycles. The largest absolute Gasteiger partial charge is 0.347 e. The first kappa shape index (κ1) is 16.7. The summed E-state index contributed by atoms with van der Waals surface area (Å²) in [6, 6.07) is 5.80. The van der Waals surface area contributed by atoms with E-state index in [1.165, 1.54) is 12.1 Å². The third-order valence-electron chi connectivity index (χ3n) is 2.29. The normalized spacial score (nSPS) is 12.5. The minimum Gasteiger partial charge on any atom is -0.347 e. The zero-order chi connectivity index (χ0) is 15.6. The highest BCUT2D eigenvalue weighted by Crippen LogP contribution is 2.13. The summed E-state index contributed by atoms with van der Waals surface area (Å²) >= 11 is 0. The molecule has 0 radical (unpaired) electrons. The Labute approximate surface area is 120 Å². The van der Waals surface area contributed by atoms with E-state index < -0.39 is 10.0 Å². The lowest BCUT2D eigenvalue weighted by molar-refractivity contribution is 0.0919. The molecule has 0 spiro atoms. The smallest absolute Gasteiger partial charge is 0.251 e. The molecule has 0 bridgehead atoms. The van der Waals surface area contributed by atoms with Gasteiger partial charge in [0.2, 0.25) is 10.0 Å². The van der Waals surface area contributed by atoms with E-state index in [0.29, 0.717) is 5.56 Å². The monoisotopic (exact) mass is 298 g/mol. The number of hydrogen-bond donors (Lipinski definition) is 2. The molecule has 1 aromatic rings. The molecule has 1 aromatic carbocycles. The van der Waals surface area contributed by atoms with Crippen LogP contribution in [0.4, 0.5) is 0 Å².